The summed E-state index contributed by atoms with van der Waals surface area (Å²) in [7, 11) is 0. The van der Waals surface area contributed by atoms with Crippen LogP contribution in [0.25, 0.3) is 0 Å². The van der Waals surface area contributed by atoms with E-state index < -0.39 is 5.97 Å². The van der Waals surface area contributed by atoms with Gasteiger partial charge in [0.25, 0.3) is 5.91 Å². The molecule has 2 heterocycles. The van der Waals surface area contributed by atoms with E-state index in [-0.39, 0.29) is 11.5 Å². The van der Waals surface area contributed by atoms with Gasteiger partial charge in [0.2, 0.25) is 0 Å². The molecule has 1 aliphatic rings. The van der Waals surface area contributed by atoms with Gasteiger partial charge < -0.3 is 10.0 Å². The van der Waals surface area contributed by atoms with Gasteiger partial charge in [-0.05, 0) is 41.8 Å². The molecular weight excluding hydrogens is 268 g/mol. The number of hydrogen-bond donors (Lipinski definition) is 1. The predicted molar refractivity (Wildman–Crippen MR) is 76.0 cm³/mol. The lowest BCUT2D eigenvalue weighted by Gasteiger charge is -2.15. The van der Waals surface area contributed by atoms with Crippen LogP contribution in [0.4, 0.5) is 0 Å². The van der Waals surface area contributed by atoms with E-state index >= 15 is 0 Å². The van der Waals surface area contributed by atoms with Gasteiger partial charge in [-0.1, -0.05) is 6.07 Å². The summed E-state index contributed by atoms with van der Waals surface area (Å²) in [4.78, 5) is 29.2. The quantitative estimate of drug-likeness (QED) is 0.917. The molecule has 0 fully saturated rings. The Balaban J connectivity index is 1.84. The molecule has 0 unspecified atom stereocenters. The van der Waals surface area contributed by atoms with Gasteiger partial charge in [-0.15, -0.1) is 0 Å². The molecule has 1 amide bonds. The second-order valence-corrected chi connectivity index (χ2v) is 5.20. The number of aromatic nitrogens is 1. The summed E-state index contributed by atoms with van der Waals surface area (Å²) in [5.41, 5.74) is 3.63. The Morgan fingerprint density at radius 3 is 2.57 bits per heavy atom. The Labute approximate surface area is 121 Å². The summed E-state index contributed by atoms with van der Waals surface area (Å²) in [5.74, 6) is -1.04. The number of amides is 1. The zero-order valence-electron chi connectivity index (χ0n) is 11.5. The molecular formula is C16H14N2O3. The van der Waals surface area contributed by atoms with Crippen molar-refractivity contribution in [3.8, 4) is 0 Å². The number of carboxylic acids is 1. The number of carbonyl (C=O) groups is 2. The van der Waals surface area contributed by atoms with Gasteiger partial charge in [-0.3, -0.25) is 9.78 Å². The zero-order chi connectivity index (χ0) is 15.0. The Morgan fingerprint density at radius 1 is 1.10 bits per heavy atom. The Morgan fingerprint density at radius 2 is 1.86 bits per heavy atom. The molecule has 1 aromatic heterocycles. The number of fused-ring (bicyclic) bond motifs is 1. The number of carbonyl (C=O) groups excluding carboxylic acids is 1. The molecule has 5 heteroatoms. The van der Waals surface area contributed by atoms with Crippen molar-refractivity contribution < 1.29 is 14.7 Å². The molecule has 21 heavy (non-hydrogen) atoms. The molecule has 3 rings (SSSR count). The maximum atomic E-state index is 12.5. The predicted octanol–water partition coefficient (Wildman–Crippen LogP) is 2.24. The molecule has 1 aliphatic heterocycles. The maximum absolute atomic E-state index is 12.5. The third-order valence-corrected chi connectivity index (χ3v) is 3.58. The SMILES string of the molecule is Cc1cncc(C(=O)N2Cc3ccc(C(=O)O)cc3C2)c1. The normalized spacial score (nSPS) is 13.1. The second kappa shape index (κ2) is 5.01. The van der Waals surface area contributed by atoms with Crippen molar-refractivity contribution in [2.75, 3.05) is 0 Å². The van der Waals surface area contributed by atoms with Crippen LogP contribution in [0.15, 0.2) is 36.7 Å². The summed E-state index contributed by atoms with van der Waals surface area (Å²) in [6.45, 7) is 2.83. The first kappa shape index (κ1) is 13.3. The molecule has 0 saturated heterocycles. The minimum atomic E-state index is -0.953. The van der Waals surface area contributed by atoms with E-state index in [1.807, 2.05) is 6.92 Å². The minimum absolute atomic E-state index is 0.0840. The largest absolute Gasteiger partial charge is 0.478 e. The lowest BCUT2D eigenvalue weighted by molar-refractivity contribution is 0.0696. The van der Waals surface area contributed by atoms with Crippen molar-refractivity contribution in [3.63, 3.8) is 0 Å². The molecule has 1 aromatic carbocycles. The number of aromatic carboxylic acids is 1. The Bertz CT molecular complexity index is 740. The second-order valence-electron chi connectivity index (χ2n) is 5.20. The lowest BCUT2D eigenvalue weighted by atomic mass is 10.1. The van der Waals surface area contributed by atoms with Crippen molar-refractivity contribution in [2.45, 2.75) is 20.0 Å². The van der Waals surface area contributed by atoms with Crippen molar-refractivity contribution in [2.24, 2.45) is 0 Å². The van der Waals surface area contributed by atoms with Crippen molar-refractivity contribution in [3.05, 3.63) is 64.5 Å². The van der Waals surface area contributed by atoms with Gasteiger partial charge in [0.1, 0.15) is 0 Å². The zero-order valence-corrected chi connectivity index (χ0v) is 11.5. The van der Waals surface area contributed by atoms with Gasteiger partial charge in [0, 0.05) is 25.5 Å². The van der Waals surface area contributed by atoms with Gasteiger partial charge >= 0.3 is 5.97 Å². The van der Waals surface area contributed by atoms with E-state index in [1.165, 1.54) is 0 Å². The molecule has 1 N–H and O–H groups in total. The van der Waals surface area contributed by atoms with Crippen LogP contribution < -0.4 is 0 Å². The summed E-state index contributed by atoms with van der Waals surface area (Å²) in [5, 5.41) is 9.01. The molecule has 5 nitrogen and oxygen atoms in total. The first-order valence-corrected chi connectivity index (χ1v) is 6.60. The van der Waals surface area contributed by atoms with Crippen LogP contribution in [0, 0.1) is 6.92 Å². The number of pyridine rings is 1. The van der Waals surface area contributed by atoms with E-state index in [2.05, 4.69) is 4.98 Å². The van der Waals surface area contributed by atoms with E-state index in [9.17, 15) is 9.59 Å². The van der Waals surface area contributed by atoms with Crippen LogP contribution in [0.1, 0.15) is 37.4 Å². The number of aryl methyl sites for hydroxylation is 1. The van der Waals surface area contributed by atoms with E-state index in [1.54, 1.807) is 41.6 Å². The maximum Gasteiger partial charge on any atom is 0.335 e. The topological polar surface area (TPSA) is 70.5 Å². The fourth-order valence-corrected chi connectivity index (χ4v) is 2.53. The number of carboxylic acid groups (broad SMARTS) is 1. The minimum Gasteiger partial charge on any atom is -0.478 e. The number of rotatable bonds is 2. The van der Waals surface area contributed by atoms with Crippen LogP contribution in [0.2, 0.25) is 0 Å². The van der Waals surface area contributed by atoms with Crippen molar-refractivity contribution in [1.29, 1.82) is 0 Å². The Kier molecular flexibility index (Phi) is 3.17. The number of hydrogen-bond acceptors (Lipinski definition) is 3. The van der Waals surface area contributed by atoms with Crippen LogP contribution >= 0.6 is 0 Å². The monoisotopic (exact) mass is 282 g/mol. The summed E-state index contributed by atoms with van der Waals surface area (Å²) in [6, 6.07) is 6.80. The highest BCUT2D eigenvalue weighted by molar-refractivity contribution is 5.94. The first-order chi connectivity index (χ1) is 10.0. The fourth-order valence-electron chi connectivity index (χ4n) is 2.53. The fraction of sp³-hybridized carbons (Fsp3) is 0.188. The highest BCUT2D eigenvalue weighted by atomic mass is 16.4. The number of benzene rings is 1. The van der Waals surface area contributed by atoms with E-state index in [0.29, 0.717) is 18.7 Å². The third kappa shape index (κ3) is 2.50. The average molecular weight is 282 g/mol. The number of nitrogens with zero attached hydrogens (tertiary/aromatic N) is 2. The van der Waals surface area contributed by atoms with Crippen LogP contribution in [-0.2, 0) is 13.1 Å². The van der Waals surface area contributed by atoms with Gasteiger partial charge in [0.15, 0.2) is 0 Å². The molecule has 0 aliphatic carbocycles. The molecule has 0 bridgehead atoms. The first-order valence-electron chi connectivity index (χ1n) is 6.60. The molecule has 106 valence electrons. The third-order valence-electron chi connectivity index (χ3n) is 3.58. The van der Waals surface area contributed by atoms with Crippen LogP contribution in [-0.4, -0.2) is 26.9 Å². The van der Waals surface area contributed by atoms with Crippen molar-refractivity contribution >= 4 is 11.9 Å². The smallest absolute Gasteiger partial charge is 0.335 e. The average Bonchev–Trinajstić information content (AvgIpc) is 2.89. The van der Waals surface area contributed by atoms with Gasteiger partial charge in [-0.25, -0.2) is 4.79 Å². The molecule has 2 aromatic rings. The molecule has 0 radical (unpaired) electrons. The van der Waals surface area contributed by atoms with E-state index in [0.717, 1.165) is 16.7 Å². The van der Waals surface area contributed by atoms with Gasteiger partial charge in [0.05, 0.1) is 11.1 Å². The molecule has 0 atom stereocenters. The van der Waals surface area contributed by atoms with Crippen LogP contribution in [0.5, 0.6) is 0 Å². The van der Waals surface area contributed by atoms with Crippen molar-refractivity contribution in [1.82, 2.24) is 9.88 Å². The Hall–Kier alpha value is -2.69. The summed E-state index contributed by atoms with van der Waals surface area (Å²) >= 11 is 0. The highest BCUT2D eigenvalue weighted by Gasteiger charge is 2.25. The molecule has 0 saturated carbocycles. The summed E-state index contributed by atoms with van der Waals surface area (Å²) in [6.07, 6.45) is 3.26. The standard InChI is InChI=1S/C16H14N2O3/c1-10-4-13(7-17-6-10)15(19)18-8-12-3-2-11(16(20)21)5-14(12)9-18/h2-7H,8-9H2,1H3,(H,20,21). The highest BCUT2D eigenvalue weighted by Crippen LogP contribution is 2.25. The van der Waals surface area contributed by atoms with Gasteiger partial charge in [-0.2, -0.15) is 0 Å². The van der Waals surface area contributed by atoms with E-state index in [4.69, 9.17) is 5.11 Å². The molecule has 0 spiro atoms. The summed E-state index contributed by atoms with van der Waals surface area (Å²) < 4.78 is 0. The lowest BCUT2D eigenvalue weighted by Crippen LogP contribution is -2.25. The van der Waals surface area contributed by atoms with Crippen LogP contribution in [0.3, 0.4) is 0 Å².